The molecular weight excluding hydrogens is 522 g/mol. The third kappa shape index (κ3) is 6.67. The lowest BCUT2D eigenvalue weighted by molar-refractivity contribution is -0.159. The topological polar surface area (TPSA) is 128 Å². The van der Waals surface area contributed by atoms with Gasteiger partial charge in [-0.25, -0.2) is 18.0 Å². The number of piperidine rings is 1. The van der Waals surface area contributed by atoms with Crippen LogP contribution >= 0.6 is 0 Å². The number of fused-ring (bicyclic) bond motifs is 1. The van der Waals surface area contributed by atoms with Gasteiger partial charge in [-0.2, -0.15) is 4.31 Å². The van der Waals surface area contributed by atoms with E-state index < -0.39 is 22.0 Å². The summed E-state index contributed by atoms with van der Waals surface area (Å²) in [5.74, 6) is -2.73. The van der Waals surface area contributed by atoms with Crippen molar-refractivity contribution in [2.45, 2.75) is 23.8 Å². The van der Waals surface area contributed by atoms with E-state index >= 15 is 0 Å². The Labute approximate surface area is 228 Å². The lowest BCUT2D eigenvalue weighted by Crippen LogP contribution is -2.53. The summed E-state index contributed by atoms with van der Waals surface area (Å²) >= 11 is 0. The highest BCUT2D eigenvalue weighted by Crippen LogP contribution is 2.30. The van der Waals surface area contributed by atoms with Crippen LogP contribution in [0, 0.1) is 0 Å². The number of sulfonamides is 1. The van der Waals surface area contributed by atoms with Crippen LogP contribution in [-0.4, -0.2) is 92.2 Å². The molecule has 2 aliphatic heterocycles. The van der Waals surface area contributed by atoms with Crippen LogP contribution in [0.4, 0.5) is 5.69 Å². The average Bonchev–Trinajstić information content (AvgIpc) is 2.97. The standard InChI is InChI=1S/C26H31N3O3S.C2H2O4/c1-32-26-9-5-4-8-25(26)28-18-16-27(17-19-28)23-12-14-29(15-13-23)33(30,31)24-11-10-21-6-2-3-7-22(21)20-24;3-1(4)2(5)6/h2-11,20,23H,12-19H2,1H3;(H,3,4)(H,5,6). The number of methoxy groups -OCH3 is 1. The van der Waals surface area contributed by atoms with Gasteiger partial charge < -0.3 is 19.8 Å². The third-order valence-electron chi connectivity index (χ3n) is 7.22. The maximum Gasteiger partial charge on any atom is 0.414 e. The lowest BCUT2D eigenvalue weighted by atomic mass is 10.0. The van der Waals surface area contributed by atoms with Crippen molar-refractivity contribution in [2.75, 3.05) is 51.3 Å². The largest absolute Gasteiger partial charge is 0.495 e. The van der Waals surface area contributed by atoms with Crippen LogP contribution < -0.4 is 9.64 Å². The van der Waals surface area contributed by atoms with Gasteiger partial charge in [0.1, 0.15) is 5.75 Å². The molecule has 0 radical (unpaired) electrons. The second kappa shape index (κ2) is 12.5. The Bertz CT molecular complexity index is 1400. The van der Waals surface area contributed by atoms with Gasteiger partial charge in [-0.05, 0) is 47.9 Å². The molecule has 3 aromatic carbocycles. The summed E-state index contributed by atoms with van der Waals surface area (Å²) in [6.45, 7) is 5.03. The Morgan fingerprint density at radius 1 is 0.795 bits per heavy atom. The highest BCUT2D eigenvalue weighted by molar-refractivity contribution is 7.89. The number of anilines is 1. The van der Waals surface area contributed by atoms with Crippen molar-refractivity contribution in [1.82, 2.24) is 9.21 Å². The molecule has 5 rings (SSSR count). The minimum absolute atomic E-state index is 0.394. The zero-order valence-corrected chi connectivity index (χ0v) is 22.6. The van der Waals surface area contributed by atoms with Gasteiger partial charge in [0.25, 0.3) is 0 Å². The molecule has 208 valence electrons. The van der Waals surface area contributed by atoms with Crippen LogP contribution in [0.5, 0.6) is 5.75 Å². The van der Waals surface area contributed by atoms with Gasteiger partial charge in [-0.15, -0.1) is 0 Å². The van der Waals surface area contributed by atoms with E-state index in [1.807, 2.05) is 42.5 Å². The Morgan fingerprint density at radius 3 is 2.00 bits per heavy atom. The summed E-state index contributed by atoms with van der Waals surface area (Å²) in [7, 11) is -1.75. The van der Waals surface area contributed by atoms with Crippen molar-refractivity contribution >= 4 is 38.4 Å². The molecule has 2 N–H and O–H groups in total. The van der Waals surface area contributed by atoms with E-state index in [0.717, 1.165) is 61.2 Å². The normalized spacial score (nSPS) is 17.3. The monoisotopic (exact) mass is 555 g/mol. The minimum Gasteiger partial charge on any atom is -0.495 e. The molecule has 0 unspecified atom stereocenters. The molecule has 3 aromatic rings. The number of aliphatic carboxylic acids is 2. The van der Waals surface area contributed by atoms with Crippen LogP contribution in [0.25, 0.3) is 10.8 Å². The zero-order chi connectivity index (χ0) is 28.0. The SMILES string of the molecule is COc1ccccc1N1CCN(C2CCN(S(=O)(=O)c3ccc4ccccc4c3)CC2)CC1.O=C(O)C(=O)O. The number of ether oxygens (including phenoxy) is 1. The van der Waals surface area contributed by atoms with E-state index in [0.29, 0.717) is 24.0 Å². The van der Waals surface area contributed by atoms with Gasteiger partial charge in [0.05, 0.1) is 17.7 Å². The van der Waals surface area contributed by atoms with Crippen LogP contribution in [0.1, 0.15) is 12.8 Å². The fourth-order valence-corrected chi connectivity index (χ4v) is 6.65. The molecule has 2 heterocycles. The number of nitrogens with zero attached hydrogens (tertiary/aromatic N) is 3. The smallest absolute Gasteiger partial charge is 0.414 e. The highest BCUT2D eigenvalue weighted by atomic mass is 32.2. The summed E-state index contributed by atoms with van der Waals surface area (Å²) < 4.78 is 33.7. The summed E-state index contributed by atoms with van der Waals surface area (Å²) in [6, 6.07) is 21.9. The van der Waals surface area contributed by atoms with Crippen LogP contribution in [0.2, 0.25) is 0 Å². The van der Waals surface area contributed by atoms with E-state index in [1.165, 1.54) is 0 Å². The molecule has 0 aromatic heterocycles. The van der Waals surface area contributed by atoms with Crippen LogP contribution in [0.3, 0.4) is 0 Å². The summed E-state index contributed by atoms with van der Waals surface area (Å²) in [5, 5.41) is 16.8. The van der Waals surface area contributed by atoms with Gasteiger partial charge in [0, 0.05) is 45.3 Å². The van der Waals surface area contributed by atoms with E-state index in [2.05, 4.69) is 21.9 Å². The molecule has 11 heteroatoms. The maximum absolute atomic E-state index is 13.3. The first-order valence-electron chi connectivity index (χ1n) is 12.8. The van der Waals surface area contributed by atoms with E-state index in [9.17, 15) is 8.42 Å². The molecule has 0 saturated carbocycles. The number of piperazine rings is 1. The molecular formula is C28H33N3O7S. The van der Waals surface area contributed by atoms with E-state index in [1.54, 1.807) is 23.5 Å². The number of benzene rings is 3. The first-order valence-corrected chi connectivity index (χ1v) is 14.2. The van der Waals surface area contributed by atoms with Crippen molar-refractivity contribution in [3.05, 3.63) is 66.7 Å². The van der Waals surface area contributed by atoms with E-state index in [-0.39, 0.29) is 0 Å². The van der Waals surface area contributed by atoms with Crippen molar-refractivity contribution in [3.63, 3.8) is 0 Å². The predicted molar refractivity (Wildman–Crippen MR) is 148 cm³/mol. The minimum atomic E-state index is -3.47. The number of carboxylic acid groups (broad SMARTS) is 2. The molecule has 0 bridgehead atoms. The Hall–Kier alpha value is -3.67. The number of rotatable bonds is 5. The number of para-hydroxylation sites is 2. The van der Waals surface area contributed by atoms with Crippen molar-refractivity contribution < 1.29 is 33.0 Å². The van der Waals surface area contributed by atoms with Crippen LogP contribution in [-0.2, 0) is 19.6 Å². The molecule has 39 heavy (non-hydrogen) atoms. The maximum atomic E-state index is 13.3. The molecule has 0 amide bonds. The van der Waals surface area contributed by atoms with Gasteiger partial charge in [0.2, 0.25) is 10.0 Å². The molecule has 0 atom stereocenters. The fraction of sp³-hybridized carbons (Fsp3) is 0.357. The number of carboxylic acids is 2. The third-order valence-corrected chi connectivity index (χ3v) is 9.12. The molecule has 2 fully saturated rings. The Balaban J connectivity index is 0.000000531. The van der Waals surface area contributed by atoms with Gasteiger partial charge in [0.15, 0.2) is 0 Å². The van der Waals surface area contributed by atoms with Gasteiger partial charge in [-0.1, -0.05) is 42.5 Å². The molecule has 2 saturated heterocycles. The average molecular weight is 556 g/mol. The number of hydrogen-bond acceptors (Lipinski definition) is 7. The Morgan fingerprint density at radius 2 is 1.38 bits per heavy atom. The molecule has 0 aliphatic carbocycles. The highest BCUT2D eigenvalue weighted by Gasteiger charge is 2.33. The predicted octanol–water partition coefficient (Wildman–Crippen LogP) is 2.98. The van der Waals surface area contributed by atoms with Crippen molar-refractivity contribution in [3.8, 4) is 5.75 Å². The second-order valence-corrected chi connectivity index (χ2v) is 11.4. The van der Waals surface area contributed by atoms with Crippen LogP contribution in [0.15, 0.2) is 71.6 Å². The quantitative estimate of drug-likeness (QED) is 0.457. The fourth-order valence-electron chi connectivity index (χ4n) is 5.14. The first-order chi connectivity index (χ1) is 18.7. The summed E-state index contributed by atoms with van der Waals surface area (Å²) in [4.78, 5) is 23.5. The summed E-state index contributed by atoms with van der Waals surface area (Å²) in [5.41, 5.74) is 1.15. The van der Waals surface area contributed by atoms with E-state index in [4.69, 9.17) is 24.5 Å². The number of hydrogen-bond donors (Lipinski definition) is 2. The van der Waals surface area contributed by atoms with Gasteiger partial charge >= 0.3 is 11.9 Å². The van der Waals surface area contributed by atoms with Crippen molar-refractivity contribution in [2.24, 2.45) is 0 Å². The summed E-state index contributed by atoms with van der Waals surface area (Å²) in [6.07, 6.45) is 1.75. The lowest BCUT2D eigenvalue weighted by Gasteiger charge is -2.43. The molecule has 0 spiro atoms. The zero-order valence-electron chi connectivity index (χ0n) is 21.8. The molecule has 10 nitrogen and oxygen atoms in total. The Kier molecular flexibility index (Phi) is 9.05. The van der Waals surface area contributed by atoms with Crippen molar-refractivity contribution in [1.29, 1.82) is 0 Å². The van der Waals surface area contributed by atoms with Gasteiger partial charge in [-0.3, -0.25) is 4.90 Å². The number of carbonyl (C=O) groups is 2. The first kappa shape index (κ1) is 28.3. The second-order valence-electron chi connectivity index (χ2n) is 9.45. The molecule has 2 aliphatic rings.